The summed E-state index contributed by atoms with van der Waals surface area (Å²) in [7, 11) is 1.70. The molecular formula is C19H18N2O2. The second-order valence-corrected chi connectivity index (χ2v) is 5.45. The van der Waals surface area contributed by atoms with Crippen LogP contribution in [0.1, 0.15) is 22.8 Å². The van der Waals surface area contributed by atoms with Gasteiger partial charge in [0.25, 0.3) is 11.5 Å². The van der Waals surface area contributed by atoms with E-state index in [0.29, 0.717) is 5.69 Å². The zero-order valence-corrected chi connectivity index (χ0v) is 13.2. The average Bonchev–Trinajstić information content (AvgIpc) is 2.58. The van der Waals surface area contributed by atoms with Gasteiger partial charge in [-0.25, -0.2) is 0 Å². The largest absolute Gasteiger partial charge is 0.322 e. The molecule has 3 rings (SSSR count). The molecule has 3 aromatic rings. The number of amides is 1. The molecule has 4 heteroatoms. The summed E-state index contributed by atoms with van der Waals surface area (Å²) < 4.78 is 1.54. The third kappa shape index (κ3) is 2.75. The molecule has 0 aliphatic carbocycles. The highest BCUT2D eigenvalue weighted by molar-refractivity contribution is 6.06. The summed E-state index contributed by atoms with van der Waals surface area (Å²) in [6.45, 7) is 2.06. The van der Waals surface area contributed by atoms with Crippen molar-refractivity contribution in [3.05, 3.63) is 76.1 Å². The predicted octanol–water partition coefficient (Wildman–Crippen LogP) is 3.35. The van der Waals surface area contributed by atoms with Gasteiger partial charge in [0, 0.05) is 18.1 Å². The fraction of sp³-hybridized carbons (Fsp3) is 0.158. The first-order chi connectivity index (χ1) is 11.1. The molecule has 0 saturated carbocycles. The standard InChI is InChI=1S/C19H18N2O2/c1-3-13-8-7-11-17-15(13)12-16(19(23)21(17)2)18(22)20-14-9-5-4-6-10-14/h4-12H,3H2,1-2H3,(H,20,22). The van der Waals surface area contributed by atoms with E-state index in [9.17, 15) is 9.59 Å². The molecule has 1 N–H and O–H groups in total. The Morgan fingerprint density at radius 3 is 2.52 bits per heavy atom. The van der Waals surface area contributed by atoms with Crippen molar-refractivity contribution < 1.29 is 4.79 Å². The van der Waals surface area contributed by atoms with Crippen LogP contribution in [0.4, 0.5) is 5.69 Å². The van der Waals surface area contributed by atoms with Crippen molar-refractivity contribution in [3.8, 4) is 0 Å². The van der Waals surface area contributed by atoms with Gasteiger partial charge in [-0.05, 0) is 36.2 Å². The zero-order chi connectivity index (χ0) is 16.4. The van der Waals surface area contributed by atoms with E-state index >= 15 is 0 Å². The lowest BCUT2D eigenvalue weighted by molar-refractivity contribution is 0.102. The first-order valence-electron chi connectivity index (χ1n) is 7.60. The number of hydrogen-bond acceptors (Lipinski definition) is 2. The van der Waals surface area contributed by atoms with Crippen molar-refractivity contribution in [3.63, 3.8) is 0 Å². The van der Waals surface area contributed by atoms with Gasteiger partial charge in [0.15, 0.2) is 0 Å². The number of nitrogens with zero attached hydrogens (tertiary/aromatic N) is 1. The molecule has 0 radical (unpaired) electrons. The molecule has 0 atom stereocenters. The van der Waals surface area contributed by atoms with E-state index in [1.54, 1.807) is 25.2 Å². The molecule has 0 aliphatic rings. The minimum Gasteiger partial charge on any atom is -0.322 e. The second kappa shape index (κ2) is 6.08. The van der Waals surface area contributed by atoms with Crippen molar-refractivity contribution >= 4 is 22.5 Å². The van der Waals surface area contributed by atoms with Crippen LogP contribution in [0.5, 0.6) is 0 Å². The Kier molecular flexibility index (Phi) is 3.98. The number of hydrogen-bond donors (Lipinski definition) is 1. The van der Waals surface area contributed by atoms with Crippen molar-refractivity contribution in [1.82, 2.24) is 4.57 Å². The summed E-state index contributed by atoms with van der Waals surface area (Å²) >= 11 is 0. The third-order valence-electron chi connectivity index (χ3n) is 4.02. The van der Waals surface area contributed by atoms with Gasteiger partial charge in [-0.3, -0.25) is 9.59 Å². The highest BCUT2D eigenvalue weighted by Crippen LogP contribution is 2.19. The molecule has 1 amide bonds. The number of carbonyl (C=O) groups excluding carboxylic acids is 1. The quantitative estimate of drug-likeness (QED) is 0.806. The fourth-order valence-corrected chi connectivity index (χ4v) is 2.75. The number of fused-ring (bicyclic) bond motifs is 1. The lowest BCUT2D eigenvalue weighted by atomic mass is 10.0. The van der Waals surface area contributed by atoms with Crippen molar-refractivity contribution in [1.29, 1.82) is 0 Å². The summed E-state index contributed by atoms with van der Waals surface area (Å²) in [4.78, 5) is 25.0. The number of benzene rings is 2. The van der Waals surface area contributed by atoms with Crippen LogP contribution in [0.25, 0.3) is 10.9 Å². The van der Waals surface area contributed by atoms with Crippen LogP contribution in [0, 0.1) is 0 Å². The Bertz CT molecular complexity index is 927. The minimum atomic E-state index is -0.385. The summed E-state index contributed by atoms with van der Waals surface area (Å²) in [6.07, 6.45) is 0.843. The predicted molar refractivity (Wildman–Crippen MR) is 93.0 cm³/mol. The molecule has 0 spiro atoms. The fourth-order valence-electron chi connectivity index (χ4n) is 2.75. The van der Waals surface area contributed by atoms with Crippen LogP contribution in [0.3, 0.4) is 0 Å². The van der Waals surface area contributed by atoms with Crippen LogP contribution < -0.4 is 10.9 Å². The number of para-hydroxylation sites is 1. The normalized spacial score (nSPS) is 10.7. The van der Waals surface area contributed by atoms with E-state index in [0.717, 1.165) is 22.9 Å². The van der Waals surface area contributed by atoms with Gasteiger partial charge in [-0.15, -0.1) is 0 Å². The lowest BCUT2D eigenvalue weighted by Crippen LogP contribution is -2.28. The molecule has 0 saturated heterocycles. The molecule has 1 aromatic heterocycles. The number of anilines is 1. The highest BCUT2D eigenvalue weighted by Gasteiger charge is 2.15. The number of aryl methyl sites for hydroxylation is 2. The van der Waals surface area contributed by atoms with Gasteiger partial charge in [0.05, 0.1) is 5.52 Å². The highest BCUT2D eigenvalue weighted by atomic mass is 16.2. The molecule has 0 aliphatic heterocycles. The van der Waals surface area contributed by atoms with Crippen LogP contribution in [0.2, 0.25) is 0 Å². The van der Waals surface area contributed by atoms with E-state index in [1.165, 1.54) is 4.57 Å². The van der Waals surface area contributed by atoms with Gasteiger partial charge in [0.1, 0.15) is 5.56 Å². The minimum absolute atomic E-state index is 0.157. The molecule has 0 unspecified atom stereocenters. The first-order valence-corrected chi connectivity index (χ1v) is 7.60. The summed E-state index contributed by atoms with van der Waals surface area (Å²) in [5.74, 6) is -0.385. The maximum absolute atomic E-state index is 12.5. The number of pyridine rings is 1. The number of carbonyl (C=O) groups is 1. The van der Waals surface area contributed by atoms with Crippen LogP contribution in [-0.2, 0) is 13.5 Å². The van der Waals surface area contributed by atoms with E-state index in [-0.39, 0.29) is 17.0 Å². The second-order valence-electron chi connectivity index (χ2n) is 5.45. The Balaban J connectivity index is 2.12. The Morgan fingerprint density at radius 2 is 1.83 bits per heavy atom. The number of aromatic nitrogens is 1. The van der Waals surface area contributed by atoms with E-state index in [1.807, 2.05) is 36.4 Å². The summed E-state index contributed by atoms with van der Waals surface area (Å²) in [5, 5.41) is 3.72. The number of rotatable bonds is 3. The van der Waals surface area contributed by atoms with Crippen molar-refractivity contribution in [2.75, 3.05) is 5.32 Å². The van der Waals surface area contributed by atoms with Crippen molar-refractivity contribution in [2.24, 2.45) is 7.05 Å². The van der Waals surface area contributed by atoms with Crippen LogP contribution in [0.15, 0.2) is 59.4 Å². The van der Waals surface area contributed by atoms with Gasteiger partial charge in [-0.1, -0.05) is 37.3 Å². The maximum Gasteiger partial charge on any atom is 0.263 e. The van der Waals surface area contributed by atoms with Crippen molar-refractivity contribution in [2.45, 2.75) is 13.3 Å². The summed E-state index contributed by atoms with van der Waals surface area (Å²) in [6, 6.07) is 16.7. The van der Waals surface area contributed by atoms with Gasteiger partial charge < -0.3 is 9.88 Å². The molecular weight excluding hydrogens is 288 g/mol. The first kappa shape index (κ1) is 15.0. The average molecular weight is 306 g/mol. The maximum atomic E-state index is 12.5. The molecule has 23 heavy (non-hydrogen) atoms. The molecule has 2 aromatic carbocycles. The van der Waals surface area contributed by atoms with Gasteiger partial charge >= 0.3 is 0 Å². The summed E-state index contributed by atoms with van der Waals surface area (Å²) in [5.41, 5.74) is 2.49. The number of nitrogens with one attached hydrogen (secondary N) is 1. The molecule has 0 fully saturated rings. The molecule has 1 heterocycles. The zero-order valence-electron chi connectivity index (χ0n) is 13.2. The van der Waals surface area contributed by atoms with Gasteiger partial charge in [0.2, 0.25) is 0 Å². The van der Waals surface area contributed by atoms with E-state index in [2.05, 4.69) is 12.2 Å². The molecule has 4 nitrogen and oxygen atoms in total. The smallest absolute Gasteiger partial charge is 0.263 e. The Hall–Kier alpha value is -2.88. The topological polar surface area (TPSA) is 51.1 Å². The third-order valence-corrected chi connectivity index (χ3v) is 4.02. The Morgan fingerprint density at radius 1 is 1.09 bits per heavy atom. The SMILES string of the molecule is CCc1cccc2c1cc(C(=O)Nc1ccccc1)c(=O)n2C. The van der Waals surface area contributed by atoms with Gasteiger partial charge in [-0.2, -0.15) is 0 Å². The van der Waals surface area contributed by atoms with Crippen LogP contribution in [-0.4, -0.2) is 10.5 Å². The van der Waals surface area contributed by atoms with E-state index in [4.69, 9.17) is 0 Å². The molecule has 116 valence electrons. The lowest BCUT2D eigenvalue weighted by Gasteiger charge is -2.11. The Labute approximate surface area is 134 Å². The monoisotopic (exact) mass is 306 g/mol. The van der Waals surface area contributed by atoms with Crippen LogP contribution >= 0.6 is 0 Å². The van der Waals surface area contributed by atoms with E-state index < -0.39 is 0 Å². The molecule has 0 bridgehead atoms.